The third kappa shape index (κ3) is 2.64. The molecule has 134 valence electrons. The Morgan fingerprint density at radius 3 is 2.85 bits per heavy atom. The van der Waals surface area contributed by atoms with Crippen molar-refractivity contribution in [3.63, 3.8) is 0 Å². The van der Waals surface area contributed by atoms with Gasteiger partial charge in [-0.15, -0.1) is 0 Å². The summed E-state index contributed by atoms with van der Waals surface area (Å²) < 4.78 is 11.0. The third-order valence-corrected chi connectivity index (χ3v) is 4.73. The Morgan fingerprint density at radius 2 is 2.08 bits per heavy atom. The van der Waals surface area contributed by atoms with Crippen molar-refractivity contribution >= 4 is 23.5 Å². The van der Waals surface area contributed by atoms with Crippen LogP contribution in [0.15, 0.2) is 36.5 Å². The number of rotatable bonds is 3. The van der Waals surface area contributed by atoms with Crippen LogP contribution in [-0.4, -0.2) is 35.0 Å². The van der Waals surface area contributed by atoms with Crippen molar-refractivity contribution in [1.29, 1.82) is 0 Å². The molecule has 1 aromatic heterocycles. The number of amides is 3. The molecule has 2 aliphatic rings. The summed E-state index contributed by atoms with van der Waals surface area (Å²) in [6.07, 6.45) is 1.59. The number of halogens is 1. The van der Waals surface area contributed by atoms with Crippen LogP contribution in [0.2, 0.25) is 5.02 Å². The summed E-state index contributed by atoms with van der Waals surface area (Å²) in [5, 5.41) is 3.12. The number of urea groups is 1. The van der Waals surface area contributed by atoms with Crippen LogP contribution in [0.4, 0.5) is 4.79 Å². The normalized spacial score (nSPS) is 21.7. The standard InChI is InChI=1S/C18H16ClN3O4/c1-18(14-4-2-3-5-20-14)16(23)22(17(24)21-18)10-11-8-12(19)15-13(9-11)25-6-7-26-15/h2-5,8-9H,6-7,10H2,1H3,(H,21,24). The van der Waals surface area contributed by atoms with Crippen molar-refractivity contribution in [3.05, 3.63) is 52.8 Å². The van der Waals surface area contributed by atoms with E-state index in [4.69, 9.17) is 21.1 Å². The molecule has 7 nitrogen and oxygen atoms in total. The molecule has 0 radical (unpaired) electrons. The van der Waals surface area contributed by atoms with Gasteiger partial charge in [-0.25, -0.2) is 4.79 Å². The highest BCUT2D eigenvalue weighted by molar-refractivity contribution is 6.32. The summed E-state index contributed by atoms with van der Waals surface area (Å²) in [6.45, 7) is 2.57. The molecule has 1 fully saturated rings. The van der Waals surface area contributed by atoms with Crippen molar-refractivity contribution < 1.29 is 19.1 Å². The number of carbonyl (C=O) groups is 2. The second-order valence-electron chi connectivity index (χ2n) is 6.26. The number of fused-ring (bicyclic) bond motifs is 1. The second-order valence-corrected chi connectivity index (χ2v) is 6.67. The Bertz CT molecular complexity index is 890. The molecule has 0 spiro atoms. The van der Waals surface area contributed by atoms with E-state index >= 15 is 0 Å². The first-order chi connectivity index (χ1) is 12.5. The fourth-order valence-corrected chi connectivity index (χ4v) is 3.40. The lowest BCUT2D eigenvalue weighted by molar-refractivity contribution is -0.131. The molecule has 0 saturated carbocycles. The van der Waals surface area contributed by atoms with Crippen LogP contribution in [0.3, 0.4) is 0 Å². The van der Waals surface area contributed by atoms with Crippen molar-refractivity contribution in [3.8, 4) is 11.5 Å². The molecule has 1 aromatic carbocycles. The largest absolute Gasteiger partial charge is 0.486 e. The highest BCUT2D eigenvalue weighted by Gasteiger charge is 2.49. The minimum Gasteiger partial charge on any atom is -0.486 e. The van der Waals surface area contributed by atoms with Gasteiger partial charge in [-0.2, -0.15) is 0 Å². The number of imide groups is 1. The minimum absolute atomic E-state index is 0.0729. The van der Waals surface area contributed by atoms with Gasteiger partial charge in [-0.1, -0.05) is 17.7 Å². The fourth-order valence-electron chi connectivity index (χ4n) is 3.11. The monoisotopic (exact) mass is 373 g/mol. The smallest absolute Gasteiger partial charge is 0.325 e. The minimum atomic E-state index is -1.20. The van der Waals surface area contributed by atoms with Crippen LogP contribution in [0.1, 0.15) is 18.2 Å². The molecule has 4 rings (SSSR count). The average molecular weight is 374 g/mol. The summed E-state index contributed by atoms with van der Waals surface area (Å²) in [6, 6.07) is 8.17. The van der Waals surface area contributed by atoms with Crippen LogP contribution >= 0.6 is 11.6 Å². The Kier molecular flexibility index (Phi) is 3.96. The number of hydrogen-bond donors (Lipinski definition) is 1. The molecule has 2 aliphatic heterocycles. The number of pyridine rings is 1. The summed E-state index contributed by atoms with van der Waals surface area (Å²) in [4.78, 5) is 30.7. The summed E-state index contributed by atoms with van der Waals surface area (Å²) >= 11 is 6.24. The number of benzene rings is 1. The predicted octanol–water partition coefficient (Wildman–Crippen LogP) is 2.47. The van der Waals surface area contributed by atoms with Crippen LogP contribution < -0.4 is 14.8 Å². The van der Waals surface area contributed by atoms with E-state index in [1.807, 2.05) is 0 Å². The summed E-state index contributed by atoms with van der Waals surface area (Å²) in [5.74, 6) is 0.627. The van der Waals surface area contributed by atoms with Gasteiger partial charge >= 0.3 is 6.03 Å². The SMILES string of the molecule is CC1(c2ccccn2)NC(=O)N(Cc2cc(Cl)c3c(c2)OCCO3)C1=O. The van der Waals surface area contributed by atoms with Gasteiger partial charge in [0, 0.05) is 6.20 Å². The molecule has 3 heterocycles. The van der Waals surface area contributed by atoms with Crippen LogP contribution in [0.25, 0.3) is 0 Å². The van der Waals surface area contributed by atoms with E-state index in [1.54, 1.807) is 43.5 Å². The number of carbonyl (C=O) groups excluding carboxylic acids is 2. The lowest BCUT2D eigenvalue weighted by Crippen LogP contribution is -2.41. The molecule has 26 heavy (non-hydrogen) atoms. The Morgan fingerprint density at radius 1 is 1.27 bits per heavy atom. The first kappa shape index (κ1) is 16.7. The van der Waals surface area contributed by atoms with Gasteiger partial charge in [0.05, 0.1) is 17.3 Å². The molecule has 0 aliphatic carbocycles. The molecule has 1 atom stereocenters. The maximum Gasteiger partial charge on any atom is 0.325 e. The van der Waals surface area contributed by atoms with Crippen molar-refractivity contribution in [2.24, 2.45) is 0 Å². The average Bonchev–Trinajstić information content (AvgIpc) is 2.87. The van der Waals surface area contributed by atoms with E-state index in [-0.39, 0.29) is 12.5 Å². The van der Waals surface area contributed by atoms with Gasteiger partial charge in [0.15, 0.2) is 17.0 Å². The quantitative estimate of drug-likeness (QED) is 0.836. The van der Waals surface area contributed by atoms with E-state index in [0.29, 0.717) is 41.0 Å². The predicted molar refractivity (Wildman–Crippen MR) is 93.1 cm³/mol. The van der Waals surface area contributed by atoms with E-state index in [2.05, 4.69) is 10.3 Å². The van der Waals surface area contributed by atoms with E-state index in [0.717, 1.165) is 4.90 Å². The zero-order valence-corrected chi connectivity index (χ0v) is 14.7. The second kappa shape index (κ2) is 6.17. The number of ether oxygens (including phenoxy) is 2. The topological polar surface area (TPSA) is 80.8 Å². The van der Waals surface area contributed by atoms with Gasteiger partial charge in [0.25, 0.3) is 5.91 Å². The van der Waals surface area contributed by atoms with Gasteiger partial charge in [0.2, 0.25) is 0 Å². The van der Waals surface area contributed by atoms with Crippen molar-refractivity contribution in [1.82, 2.24) is 15.2 Å². The number of nitrogens with zero attached hydrogens (tertiary/aromatic N) is 2. The maximum absolute atomic E-state index is 12.9. The van der Waals surface area contributed by atoms with E-state index in [1.165, 1.54) is 0 Å². The molecule has 2 aromatic rings. The molecular weight excluding hydrogens is 358 g/mol. The lowest BCUT2D eigenvalue weighted by atomic mass is 9.97. The zero-order chi connectivity index (χ0) is 18.3. The molecule has 1 unspecified atom stereocenters. The van der Waals surface area contributed by atoms with E-state index < -0.39 is 11.6 Å². The van der Waals surface area contributed by atoms with Gasteiger partial charge in [0.1, 0.15) is 13.2 Å². The lowest BCUT2D eigenvalue weighted by Gasteiger charge is -2.22. The Hall–Kier alpha value is -2.80. The van der Waals surface area contributed by atoms with Crippen molar-refractivity contribution in [2.45, 2.75) is 19.0 Å². The first-order valence-electron chi connectivity index (χ1n) is 8.13. The highest BCUT2D eigenvalue weighted by atomic mass is 35.5. The van der Waals surface area contributed by atoms with Gasteiger partial charge in [-0.3, -0.25) is 14.7 Å². The Balaban J connectivity index is 1.62. The maximum atomic E-state index is 12.9. The van der Waals surface area contributed by atoms with Crippen LogP contribution in [0.5, 0.6) is 11.5 Å². The Labute approximate surface area is 154 Å². The number of nitrogens with one attached hydrogen (secondary N) is 1. The molecule has 3 amide bonds. The number of aromatic nitrogens is 1. The molecule has 1 saturated heterocycles. The zero-order valence-electron chi connectivity index (χ0n) is 14.0. The van der Waals surface area contributed by atoms with E-state index in [9.17, 15) is 9.59 Å². The third-order valence-electron chi connectivity index (χ3n) is 4.45. The van der Waals surface area contributed by atoms with Crippen LogP contribution in [0, 0.1) is 0 Å². The van der Waals surface area contributed by atoms with Gasteiger partial charge < -0.3 is 14.8 Å². The molecular formula is C18H16ClN3O4. The highest BCUT2D eigenvalue weighted by Crippen LogP contribution is 2.39. The number of hydrogen-bond acceptors (Lipinski definition) is 5. The van der Waals surface area contributed by atoms with Crippen LogP contribution in [-0.2, 0) is 16.9 Å². The van der Waals surface area contributed by atoms with Crippen molar-refractivity contribution in [2.75, 3.05) is 13.2 Å². The molecule has 8 heteroatoms. The fraction of sp³-hybridized carbons (Fsp3) is 0.278. The van der Waals surface area contributed by atoms with Gasteiger partial charge in [-0.05, 0) is 36.8 Å². The molecule has 0 bridgehead atoms. The summed E-state index contributed by atoms with van der Waals surface area (Å²) in [5.41, 5.74) is -0.0373. The summed E-state index contributed by atoms with van der Waals surface area (Å²) in [7, 11) is 0. The molecule has 1 N–H and O–H groups in total. The first-order valence-corrected chi connectivity index (χ1v) is 8.50.